The number of aromatic nitrogens is 2. The van der Waals surface area contributed by atoms with Crippen LogP contribution < -0.4 is 10.2 Å². The van der Waals surface area contributed by atoms with Crippen LogP contribution in [0.25, 0.3) is 0 Å². The lowest BCUT2D eigenvalue weighted by molar-refractivity contribution is -0.141. The maximum absolute atomic E-state index is 13.5. The molecule has 1 aliphatic rings. The minimum atomic E-state index is -4.53. The number of nitrogens with zero attached hydrogens (tertiary/aromatic N) is 4. The van der Waals surface area contributed by atoms with E-state index in [9.17, 15) is 18.0 Å². The van der Waals surface area contributed by atoms with Crippen molar-refractivity contribution in [1.82, 2.24) is 20.2 Å². The molecule has 3 rings (SSSR count). The number of anilines is 1. The molecular weight excluding hydrogens is 451 g/mol. The third-order valence-corrected chi connectivity index (χ3v) is 6.43. The fourth-order valence-electron chi connectivity index (χ4n) is 3.60. The quantitative estimate of drug-likeness (QED) is 0.444. The van der Waals surface area contributed by atoms with Crippen LogP contribution in [0.1, 0.15) is 47.8 Å². The van der Waals surface area contributed by atoms with Crippen LogP contribution in [0.15, 0.2) is 35.5 Å². The lowest BCUT2D eigenvalue weighted by Crippen LogP contribution is -2.38. The number of amides is 1. The fourth-order valence-corrected chi connectivity index (χ4v) is 4.41. The summed E-state index contributed by atoms with van der Waals surface area (Å²) >= 11 is 1.16. The van der Waals surface area contributed by atoms with Gasteiger partial charge in [0.1, 0.15) is 5.82 Å². The van der Waals surface area contributed by atoms with Crippen LogP contribution in [0, 0.1) is 0 Å². The highest BCUT2D eigenvalue weighted by molar-refractivity contribution is 7.98. The Hall–Kier alpha value is -2.33. The lowest BCUT2D eigenvalue weighted by Gasteiger charge is -2.34. The third-order valence-electron chi connectivity index (χ3n) is 5.51. The van der Waals surface area contributed by atoms with E-state index in [2.05, 4.69) is 15.3 Å². The minimum absolute atomic E-state index is 0.100. The van der Waals surface area contributed by atoms with Crippen molar-refractivity contribution in [3.63, 3.8) is 0 Å². The number of alkyl halides is 3. The molecule has 33 heavy (non-hydrogen) atoms. The maximum Gasteiger partial charge on any atom is 0.433 e. The number of halogens is 3. The van der Waals surface area contributed by atoms with Gasteiger partial charge in [0.05, 0.1) is 0 Å². The van der Waals surface area contributed by atoms with Crippen LogP contribution in [0.4, 0.5) is 19.0 Å². The van der Waals surface area contributed by atoms with Gasteiger partial charge in [-0.15, -0.1) is 0 Å². The Morgan fingerprint density at radius 1 is 1.21 bits per heavy atom. The van der Waals surface area contributed by atoms with Crippen LogP contribution in [0.5, 0.6) is 0 Å². The number of hydrogen-bond donors (Lipinski definition) is 1. The highest BCUT2D eigenvalue weighted by Crippen LogP contribution is 2.33. The first-order valence-corrected chi connectivity index (χ1v) is 12.0. The summed E-state index contributed by atoms with van der Waals surface area (Å²) in [5, 5.41) is 2.95. The van der Waals surface area contributed by atoms with E-state index in [4.69, 9.17) is 0 Å². The number of carbonyl (C=O) groups is 1. The monoisotopic (exact) mass is 481 g/mol. The summed E-state index contributed by atoms with van der Waals surface area (Å²) in [7, 11) is 3.87. The Kier molecular flexibility index (Phi) is 8.58. The Labute approximate surface area is 197 Å². The van der Waals surface area contributed by atoms with Gasteiger partial charge < -0.3 is 15.1 Å². The second kappa shape index (κ2) is 11.2. The molecule has 180 valence electrons. The number of thioether (sulfide) groups is 1. The van der Waals surface area contributed by atoms with Crippen molar-refractivity contribution in [2.75, 3.05) is 38.6 Å². The maximum atomic E-state index is 13.5. The summed E-state index contributed by atoms with van der Waals surface area (Å²) in [4.78, 5) is 24.3. The van der Waals surface area contributed by atoms with E-state index in [-0.39, 0.29) is 17.1 Å². The van der Waals surface area contributed by atoms with Gasteiger partial charge in [0.25, 0.3) is 5.91 Å². The van der Waals surface area contributed by atoms with Crippen LogP contribution in [-0.2, 0) is 11.9 Å². The van der Waals surface area contributed by atoms with E-state index in [1.54, 1.807) is 24.3 Å². The average molecular weight is 482 g/mol. The van der Waals surface area contributed by atoms with Crippen molar-refractivity contribution < 1.29 is 18.0 Å². The van der Waals surface area contributed by atoms with E-state index in [0.717, 1.165) is 49.2 Å². The molecule has 1 unspecified atom stereocenters. The van der Waals surface area contributed by atoms with Gasteiger partial charge in [-0.1, -0.05) is 23.9 Å². The summed E-state index contributed by atoms with van der Waals surface area (Å²) in [5.41, 5.74) is 0.496. The number of carbonyl (C=O) groups excluding carboxylic acids is 1. The van der Waals surface area contributed by atoms with Crippen molar-refractivity contribution in [3.8, 4) is 0 Å². The molecular formula is C23H30F3N5OS. The molecule has 2 aromatic rings. The Morgan fingerprint density at radius 2 is 1.94 bits per heavy atom. The minimum Gasteiger partial charge on any atom is -0.354 e. The predicted octanol–water partition coefficient (Wildman–Crippen LogP) is 4.46. The summed E-state index contributed by atoms with van der Waals surface area (Å²) in [6, 6.07) is 8.23. The smallest absolute Gasteiger partial charge is 0.354 e. The molecule has 1 aromatic heterocycles. The number of nitrogens with one attached hydrogen (secondary N) is 1. The normalized spacial score (nSPS) is 16.8. The third kappa shape index (κ3) is 7.33. The van der Waals surface area contributed by atoms with Gasteiger partial charge in [-0.05, 0) is 58.0 Å². The molecule has 0 spiro atoms. The van der Waals surface area contributed by atoms with Crippen molar-refractivity contribution >= 4 is 23.5 Å². The molecule has 6 nitrogen and oxygen atoms in total. The average Bonchev–Trinajstić information content (AvgIpc) is 2.77. The van der Waals surface area contributed by atoms with Crippen LogP contribution >= 0.6 is 11.8 Å². The van der Waals surface area contributed by atoms with E-state index in [1.807, 2.05) is 30.8 Å². The number of rotatable bonds is 8. The van der Waals surface area contributed by atoms with E-state index in [1.165, 1.54) is 0 Å². The standard InChI is InChI=1S/C23H30F3N5OS/c1-16-6-4-5-12-31(16)20-14-19(23(24,25)26)28-22(29-20)33-15-17-7-9-18(10-8-17)21(32)27-11-13-30(2)3/h7-10,14,16H,4-6,11-13,15H2,1-3H3,(H,27,32). The van der Waals surface area contributed by atoms with Gasteiger partial charge in [0, 0.05) is 43.1 Å². The second-order valence-corrected chi connectivity index (χ2v) is 9.42. The van der Waals surface area contributed by atoms with E-state index < -0.39 is 11.9 Å². The highest BCUT2D eigenvalue weighted by atomic mass is 32.2. The zero-order valence-electron chi connectivity index (χ0n) is 19.2. The van der Waals surface area contributed by atoms with Gasteiger partial charge in [-0.3, -0.25) is 4.79 Å². The number of likely N-dealkylation sites (N-methyl/N-ethyl adjacent to an activating group) is 1. The first-order valence-electron chi connectivity index (χ1n) is 11.0. The van der Waals surface area contributed by atoms with Gasteiger partial charge in [-0.2, -0.15) is 13.2 Å². The van der Waals surface area contributed by atoms with Gasteiger partial charge in [0.2, 0.25) is 0 Å². The summed E-state index contributed by atoms with van der Waals surface area (Å²) < 4.78 is 40.4. The van der Waals surface area contributed by atoms with Crippen molar-refractivity contribution in [2.45, 2.75) is 49.3 Å². The highest BCUT2D eigenvalue weighted by Gasteiger charge is 2.35. The molecule has 1 fully saturated rings. The number of hydrogen-bond acceptors (Lipinski definition) is 6. The first-order chi connectivity index (χ1) is 15.6. The van der Waals surface area contributed by atoms with E-state index in [0.29, 0.717) is 30.2 Å². The predicted molar refractivity (Wildman–Crippen MR) is 125 cm³/mol. The van der Waals surface area contributed by atoms with Gasteiger partial charge >= 0.3 is 6.18 Å². The molecule has 2 heterocycles. The molecule has 1 atom stereocenters. The molecule has 1 aromatic carbocycles. The van der Waals surface area contributed by atoms with Gasteiger partial charge in [0.15, 0.2) is 10.9 Å². The summed E-state index contributed by atoms with van der Waals surface area (Å²) in [6.45, 7) is 4.00. The molecule has 0 aliphatic carbocycles. The Morgan fingerprint density at radius 3 is 2.58 bits per heavy atom. The van der Waals surface area contributed by atoms with Crippen molar-refractivity contribution in [2.24, 2.45) is 0 Å². The molecule has 0 saturated carbocycles. The number of piperidine rings is 1. The van der Waals surface area contributed by atoms with Crippen molar-refractivity contribution in [3.05, 3.63) is 47.2 Å². The van der Waals surface area contributed by atoms with Crippen LogP contribution in [0.3, 0.4) is 0 Å². The summed E-state index contributed by atoms with van der Waals surface area (Å²) in [6.07, 6.45) is -1.59. The number of benzene rings is 1. The first kappa shape index (κ1) is 25.3. The Bertz CT molecular complexity index is 937. The lowest BCUT2D eigenvalue weighted by atomic mass is 10.0. The molecule has 1 aliphatic heterocycles. The molecule has 1 amide bonds. The molecule has 0 bridgehead atoms. The largest absolute Gasteiger partial charge is 0.433 e. The van der Waals surface area contributed by atoms with Crippen LogP contribution in [-0.4, -0.2) is 60.5 Å². The van der Waals surface area contributed by atoms with Gasteiger partial charge in [-0.25, -0.2) is 9.97 Å². The fraction of sp³-hybridized carbons (Fsp3) is 0.522. The molecule has 1 N–H and O–H groups in total. The molecule has 10 heteroatoms. The molecule has 1 saturated heterocycles. The molecule has 0 radical (unpaired) electrons. The zero-order chi connectivity index (χ0) is 24.0. The topological polar surface area (TPSA) is 61.4 Å². The zero-order valence-corrected chi connectivity index (χ0v) is 20.0. The summed E-state index contributed by atoms with van der Waals surface area (Å²) in [5.74, 6) is 0.577. The SMILES string of the molecule is CC1CCCCN1c1cc(C(F)(F)F)nc(SCc2ccc(C(=O)NCCN(C)C)cc2)n1. The van der Waals surface area contributed by atoms with Crippen molar-refractivity contribution in [1.29, 1.82) is 0 Å². The second-order valence-electron chi connectivity index (χ2n) is 8.47. The Balaban J connectivity index is 1.68. The van der Waals surface area contributed by atoms with E-state index >= 15 is 0 Å². The van der Waals surface area contributed by atoms with Crippen LogP contribution in [0.2, 0.25) is 0 Å².